The van der Waals surface area contributed by atoms with E-state index >= 15 is 0 Å². The Bertz CT molecular complexity index is 571. The van der Waals surface area contributed by atoms with Crippen LogP contribution in [0.2, 0.25) is 0 Å². The minimum absolute atomic E-state index is 0.294. The van der Waals surface area contributed by atoms with Crippen LogP contribution in [0.4, 0.5) is 0 Å². The van der Waals surface area contributed by atoms with Gasteiger partial charge in [0.05, 0.1) is 11.1 Å². The molecule has 0 amide bonds. The average Bonchev–Trinajstić information content (AvgIpc) is 2.40. The zero-order valence-electron chi connectivity index (χ0n) is 10.1. The topological polar surface area (TPSA) is 74.6 Å². The highest BCUT2D eigenvalue weighted by Gasteiger charge is 2.05. The molecule has 0 aromatic heterocycles. The monoisotopic (exact) mass is 400 g/mol. The van der Waals surface area contributed by atoms with E-state index in [0.29, 0.717) is 20.1 Å². The van der Waals surface area contributed by atoms with Crippen molar-refractivity contribution < 1.29 is 19.8 Å². The van der Waals surface area contributed by atoms with Gasteiger partial charge in [0.25, 0.3) is 0 Å². The summed E-state index contributed by atoms with van der Waals surface area (Å²) in [7, 11) is 0. The highest BCUT2D eigenvalue weighted by Crippen LogP contribution is 2.15. The van der Waals surface area contributed by atoms with Gasteiger partial charge in [-0.05, 0) is 56.1 Å². The molecule has 2 rings (SSSR count). The lowest BCUT2D eigenvalue weighted by Crippen LogP contribution is -1.95. The van der Waals surface area contributed by atoms with E-state index in [-0.39, 0.29) is 0 Å². The van der Waals surface area contributed by atoms with Crippen molar-refractivity contribution in [3.05, 3.63) is 68.6 Å². The molecule has 6 heteroatoms. The van der Waals surface area contributed by atoms with Gasteiger partial charge in [-0.25, -0.2) is 9.59 Å². The van der Waals surface area contributed by atoms with Crippen molar-refractivity contribution in [2.45, 2.75) is 0 Å². The lowest BCUT2D eigenvalue weighted by molar-refractivity contribution is 0.0685. The summed E-state index contributed by atoms with van der Waals surface area (Å²) < 4.78 is 1.23. The maximum atomic E-state index is 10.4. The van der Waals surface area contributed by atoms with Gasteiger partial charge in [-0.3, -0.25) is 0 Å². The van der Waals surface area contributed by atoms with Crippen molar-refractivity contribution >= 4 is 43.8 Å². The first-order chi connectivity index (χ1) is 9.43. The van der Waals surface area contributed by atoms with Gasteiger partial charge in [0, 0.05) is 8.95 Å². The smallest absolute Gasteiger partial charge is 0.336 e. The molecule has 0 spiro atoms. The van der Waals surface area contributed by atoms with Gasteiger partial charge < -0.3 is 10.2 Å². The quantitative estimate of drug-likeness (QED) is 0.786. The molecule has 0 saturated heterocycles. The van der Waals surface area contributed by atoms with Crippen molar-refractivity contribution in [1.82, 2.24) is 0 Å². The summed E-state index contributed by atoms with van der Waals surface area (Å²) >= 11 is 6.23. The number of benzene rings is 2. The first-order valence-corrected chi connectivity index (χ1v) is 6.97. The molecule has 2 aromatic carbocycles. The third-order valence-corrected chi connectivity index (χ3v) is 3.59. The predicted molar refractivity (Wildman–Crippen MR) is 82.2 cm³/mol. The molecule has 104 valence electrons. The average molecular weight is 402 g/mol. The van der Waals surface area contributed by atoms with Gasteiger partial charge in [0.2, 0.25) is 0 Å². The normalized spacial score (nSPS) is 9.30. The number of carboxylic acids is 2. The molecule has 0 aliphatic rings. The molecule has 0 bridgehead atoms. The van der Waals surface area contributed by atoms with Gasteiger partial charge in [0.15, 0.2) is 0 Å². The van der Waals surface area contributed by atoms with E-state index in [4.69, 9.17) is 10.2 Å². The van der Waals surface area contributed by atoms with Crippen LogP contribution in [-0.2, 0) is 0 Å². The first kappa shape index (κ1) is 16.4. The van der Waals surface area contributed by atoms with Gasteiger partial charge in [-0.2, -0.15) is 0 Å². The highest BCUT2D eigenvalue weighted by molar-refractivity contribution is 9.10. The molecule has 0 radical (unpaired) electrons. The zero-order chi connectivity index (χ0) is 15.1. The molecule has 0 aliphatic heterocycles. The highest BCUT2D eigenvalue weighted by atomic mass is 79.9. The Morgan fingerprint density at radius 3 is 1.20 bits per heavy atom. The van der Waals surface area contributed by atoms with E-state index in [1.807, 2.05) is 0 Å². The van der Waals surface area contributed by atoms with Gasteiger partial charge in [-0.15, -0.1) is 0 Å². The summed E-state index contributed by atoms with van der Waals surface area (Å²) in [6, 6.07) is 13.4. The SMILES string of the molecule is O=C(O)c1ccccc1Br.O=C(O)c1ccccc1Br. The molecule has 0 atom stereocenters. The van der Waals surface area contributed by atoms with E-state index in [1.165, 1.54) is 0 Å². The van der Waals surface area contributed by atoms with Crippen LogP contribution >= 0.6 is 31.9 Å². The van der Waals surface area contributed by atoms with Crippen LogP contribution in [0, 0.1) is 0 Å². The van der Waals surface area contributed by atoms with Gasteiger partial charge in [0.1, 0.15) is 0 Å². The summed E-state index contributed by atoms with van der Waals surface area (Å²) in [5.74, 6) is -1.82. The van der Waals surface area contributed by atoms with E-state index in [9.17, 15) is 9.59 Å². The van der Waals surface area contributed by atoms with Crippen LogP contribution in [0.3, 0.4) is 0 Å². The van der Waals surface area contributed by atoms with Crippen molar-refractivity contribution in [3.8, 4) is 0 Å². The molecular formula is C14H10Br2O4. The Balaban J connectivity index is 0.000000200. The van der Waals surface area contributed by atoms with Crippen LogP contribution in [0.25, 0.3) is 0 Å². The number of aromatic carboxylic acids is 2. The van der Waals surface area contributed by atoms with E-state index in [2.05, 4.69) is 31.9 Å². The lowest BCUT2D eigenvalue weighted by Gasteiger charge is -1.94. The Labute approximate surface area is 132 Å². The number of carbonyl (C=O) groups is 2. The third-order valence-electron chi connectivity index (χ3n) is 2.21. The molecule has 0 unspecified atom stereocenters. The van der Waals surface area contributed by atoms with Crippen LogP contribution in [0.1, 0.15) is 20.7 Å². The van der Waals surface area contributed by atoms with Crippen molar-refractivity contribution in [1.29, 1.82) is 0 Å². The maximum absolute atomic E-state index is 10.4. The summed E-state index contributed by atoms with van der Waals surface area (Å²) in [4.78, 5) is 20.8. The minimum atomic E-state index is -0.910. The summed E-state index contributed by atoms with van der Waals surface area (Å²) in [6.45, 7) is 0. The largest absolute Gasteiger partial charge is 0.478 e. The second-order valence-corrected chi connectivity index (χ2v) is 5.28. The number of hydrogen-bond donors (Lipinski definition) is 2. The van der Waals surface area contributed by atoms with Gasteiger partial charge >= 0.3 is 11.9 Å². The molecule has 2 aromatic rings. The Morgan fingerprint density at radius 1 is 0.700 bits per heavy atom. The Morgan fingerprint density at radius 2 is 1.00 bits per heavy atom. The summed E-state index contributed by atoms with van der Waals surface area (Å²) in [6.07, 6.45) is 0. The minimum Gasteiger partial charge on any atom is -0.478 e. The molecule has 0 aliphatic carbocycles. The zero-order valence-corrected chi connectivity index (χ0v) is 13.3. The fraction of sp³-hybridized carbons (Fsp3) is 0. The van der Waals surface area contributed by atoms with Crippen LogP contribution in [0.5, 0.6) is 0 Å². The van der Waals surface area contributed by atoms with Crippen molar-refractivity contribution in [3.63, 3.8) is 0 Å². The first-order valence-electron chi connectivity index (χ1n) is 5.39. The third kappa shape index (κ3) is 4.79. The Kier molecular flexibility index (Phi) is 6.41. The molecule has 2 N–H and O–H groups in total. The second-order valence-electron chi connectivity index (χ2n) is 3.57. The summed E-state index contributed by atoms with van der Waals surface area (Å²) in [5.41, 5.74) is 0.588. The molecule has 0 heterocycles. The number of halogens is 2. The van der Waals surface area contributed by atoms with Gasteiger partial charge in [-0.1, -0.05) is 24.3 Å². The number of rotatable bonds is 2. The lowest BCUT2D eigenvalue weighted by atomic mass is 10.2. The van der Waals surface area contributed by atoms with Crippen LogP contribution in [-0.4, -0.2) is 22.2 Å². The van der Waals surface area contributed by atoms with Crippen LogP contribution < -0.4 is 0 Å². The number of carboxylic acid groups (broad SMARTS) is 2. The molecule has 0 saturated carbocycles. The molecular weight excluding hydrogens is 392 g/mol. The molecule has 20 heavy (non-hydrogen) atoms. The molecule has 0 fully saturated rings. The van der Waals surface area contributed by atoms with Crippen molar-refractivity contribution in [2.75, 3.05) is 0 Å². The van der Waals surface area contributed by atoms with E-state index in [1.54, 1.807) is 48.5 Å². The standard InChI is InChI=1S/2C7H5BrO2/c2*8-6-4-2-1-3-5(6)7(9)10/h2*1-4H,(H,9,10). The number of hydrogen-bond acceptors (Lipinski definition) is 2. The van der Waals surface area contributed by atoms with Crippen LogP contribution in [0.15, 0.2) is 57.5 Å². The fourth-order valence-electron chi connectivity index (χ4n) is 1.27. The van der Waals surface area contributed by atoms with Crippen molar-refractivity contribution in [2.24, 2.45) is 0 Å². The van der Waals surface area contributed by atoms with E-state index < -0.39 is 11.9 Å². The predicted octanol–water partition coefficient (Wildman–Crippen LogP) is 4.29. The second kappa shape index (κ2) is 7.81. The Hall–Kier alpha value is -1.66. The fourth-order valence-corrected chi connectivity index (χ4v) is 2.18. The maximum Gasteiger partial charge on any atom is 0.336 e. The molecule has 4 nitrogen and oxygen atoms in total. The van der Waals surface area contributed by atoms with E-state index in [0.717, 1.165) is 0 Å². The summed E-state index contributed by atoms with van der Waals surface area (Å²) in [5, 5.41) is 17.1.